The number of benzene rings is 1. The van der Waals surface area contributed by atoms with Gasteiger partial charge in [-0.2, -0.15) is 0 Å². The Morgan fingerprint density at radius 3 is 2.71 bits per heavy atom. The number of carbonyl (C=O) groups is 1. The van der Waals surface area contributed by atoms with E-state index in [0.29, 0.717) is 11.7 Å². The lowest BCUT2D eigenvalue weighted by Gasteiger charge is -2.23. The molecule has 1 atom stereocenters. The molecule has 0 bridgehead atoms. The van der Waals surface area contributed by atoms with Crippen molar-refractivity contribution in [1.29, 1.82) is 0 Å². The van der Waals surface area contributed by atoms with Gasteiger partial charge in [0.1, 0.15) is 0 Å². The lowest BCUT2D eigenvalue weighted by atomic mass is 9.87. The van der Waals surface area contributed by atoms with E-state index in [1.807, 2.05) is 18.2 Å². The number of ether oxygens (including phenoxy) is 1. The molecule has 3 rings (SSSR count). The van der Waals surface area contributed by atoms with Crippen molar-refractivity contribution in [2.45, 2.75) is 25.7 Å². The number of ketones is 1. The molecule has 0 aromatic heterocycles. The van der Waals surface area contributed by atoms with E-state index in [1.54, 1.807) is 0 Å². The third-order valence-corrected chi connectivity index (χ3v) is 4.08. The van der Waals surface area contributed by atoms with E-state index >= 15 is 0 Å². The van der Waals surface area contributed by atoms with Crippen molar-refractivity contribution in [2.75, 3.05) is 13.2 Å². The van der Waals surface area contributed by atoms with Crippen LogP contribution in [0.25, 0.3) is 0 Å². The van der Waals surface area contributed by atoms with E-state index in [4.69, 9.17) is 4.74 Å². The van der Waals surface area contributed by atoms with E-state index in [-0.39, 0.29) is 5.92 Å². The SMILES string of the molecule is O=C1c2ccccc2CC1CC1CCOCC1. The van der Waals surface area contributed by atoms with E-state index in [9.17, 15) is 4.79 Å². The summed E-state index contributed by atoms with van der Waals surface area (Å²) in [5.41, 5.74) is 2.21. The van der Waals surface area contributed by atoms with Crippen LogP contribution in [0, 0.1) is 11.8 Å². The third kappa shape index (κ3) is 2.14. The van der Waals surface area contributed by atoms with Crippen molar-refractivity contribution in [3.63, 3.8) is 0 Å². The first kappa shape index (κ1) is 11.0. The first-order valence-corrected chi connectivity index (χ1v) is 6.54. The Labute approximate surface area is 102 Å². The van der Waals surface area contributed by atoms with Crippen LogP contribution in [-0.4, -0.2) is 19.0 Å². The van der Waals surface area contributed by atoms with Crippen LogP contribution >= 0.6 is 0 Å². The summed E-state index contributed by atoms with van der Waals surface area (Å²) in [6.45, 7) is 1.75. The average molecular weight is 230 g/mol. The van der Waals surface area contributed by atoms with Gasteiger partial charge in [0.2, 0.25) is 0 Å². The monoisotopic (exact) mass is 230 g/mol. The maximum Gasteiger partial charge on any atom is 0.166 e. The summed E-state index contributed by atoms with van der Waals surface area (Å²) in [6, 6.07) is 8.06. The zero-order valence-corrected chi connectivity index (χ0v) is 10.0. The van der Waals surface area contributed by atoms with Crippen molar-refractivity contribution in [3.8, 4) is 0 Å². The minimum atomic E-state index is 0.232. The molecule has 1 aliphatic carbocycles. The number of hydrogen-bond donors (Lipinski definition) is 0. The maximum atomic E-state index is 12.2. The van der Waals surface area contributed by atoms with Crippen molar-refractivity contribution < 1.29 is 9.53 Å². The molecule has 2 nitrogen and oxygen atoms in total. The van der Waals surface area contributed by atoms with Crippen LogP contribution in [0.15, 0.2) is 24.3 Å². The molecule has 90 valence electrons. The smallest absolute Gasteiger partial charge is 0.166 e. The fraction of sp³-hybridized carbons (Fsp3) is 0.533. The van der Waals surface area contributed by atoms with Crippen LogP contribution in [-0.2, 0) is 11.2 Å². The van der Waals surface area contributed by atoms with Gasteiger partial charge < -0.3 is 4.74 Å². The fourth-order valence-corrected chi connectivity index (χ4v) is 3.09. The highest BCUT2D eigenvalue weighted by atomic mass is 16.5. The molecule has 0 spiro atoms. The lowest BCUT2D eigenvalue weighted by Crippen LogP contribution is -2.21. The second-order valence-electron chi connectivity index (χ2n) is 5.21. The van der Waals surface area contributed by atoms with Crippen molar-refractivity contribution in [2.24, 2.45) is 11.8 Å². The maximum absolute atomic E-state index is 12.2. The Hall–Kier alpha value is -1.15. The summed E-state index contributed by atoms with van der Waals surface area (Å²) < 4.78 is 5.37. The van der Waals surface area contributed by atoms with Gasteiger partial charge in [-0.05, 0) is 37.2 Å². The number of hydrogen-bond acceptors (Lipinski definition) is 2. The first-order valence-electron chi connectivity index (χ1n) is 6.54. The highest BCUT2D eigenvalue weighted by Gasteiger charge is 2.32. The molecule has 0 saturated carbocycles. The minimum absolute atomic E-state index is 0.232. The zero-order chi connectivity index (χ0) is 11.7. The highest BCUT2D eigenvalue weighted by Crippen LogP contribution is 2.33. The third-order valence-electron chi connectivity index (χ3n) is 4.08. The van der Waals surface area contributed by atoms with Crippen LogP contribution in [0.3, 0.4) is 0 Å². The molecule has 2 aliphatic rings. The predicted octanol–water partition coefficient (Wildman–Crippen LogP) is 2.86. The molecule has 1 saturated heterocycles. The largest absolute Gasteiger partial charge is 0.381 e. The number of fused-ring (bicyclic) bond motifs is 1. The standard InChI is InChI=1S/C15H18O2/c16-15-13(9-11-5-7-17-8-6-11)10-12-3-1-2-4-14(12)15/h1-4,11,13H,5-10H2. The average Bonchev–Trinajstić information content (AvgIpc) is 2.68. The Bertz CT molecular complexity index is 419. The van der Waals surface area contributed by atoms with Gasteiger partial charge >= 0.3 is 0 Å². The number of carbonyl (C=O) groups excluding carboxylic acids is 1. The van der Waals surface area contributed by atoms with E-state index in [2.05, 4.69) is 6.07 Å². The molecule has 1 aromatic rings. The van der Waals surface area contributed by atoms with Gasteiger partial charge in [0.15, 0.2) is 5.78 Å². The molecule has 0 N–H and O–H groups in total. The molecule has 0 amide bonds. The van der Waals surface area contributed by atoms with Crippen LogP contribution in [0.4, 0.5) is 0 Å². The number of rotatable bonds is 2. The van der Waals surface area contributed by atoms with E-state index in [1.165, 1.54) is 5.56 Å². The van der Waals surface area contributed by atoms with Crippen LogP contribution in [0.5, 0.6) is 0 Å². The quantitative estimate of drug-likeness (QED) is 0.781. The Morgan fingerprint density at radius 2 is 1.94 bits per heavy atom. The summed E-state index contributed by atoms with van der Waals surface area (Å²) in [7, 11) is 0. The summed E-state index contributed by atoms with van der Waals surface area (Å²) in [4.78, 5) is 12.2. The lowest BCUT2D eigenvalue weighted by molar-refractivity contribution is 0.0567. The number of Topliss-reactive ketones (excluding diaryl/α,β-unsaturated/α-hetero) is 1. The first-order chi connectivity index (χ1) is 8.34. The molecule has 2 heteroatoms. The van der Waals surface area contributed by atoms with Gasteiger partial charge in [0.05, 0.1) is 0 Å². The van der Waals surface area contributed by atoms with Gasteiger partial charge in [-0.3, -0.25) is 4.79 Å². The normalized spacial score (nSPS) is 24.9. The van der Waals surface area contributed by atoms with Crippen molar-refractivity contribution in [1.82, 2.24) is 0 Å². The van der Waals surface area contributed by atoms with Crippen molar-refractivity contribution >= 4 is 5.78 Å². The second-order valence-corrected chi connectivity index (χ2v) is 5.21. The van der Waals surface area contributed by atoms with Gasteiger partial charge in [-0.25, -0.2) is 0 Å². The minimum Gasteiger partial charge on any atom is -0.381 e. The summed E-state index contributed by atoms with van der Waals surface area (Å²) >= 11 is 0. The van der Waals surface area contributed by atoms with Gasteiger partial charge in [0.25, 0.3) is 0 Å². The molecule has 0 radical (unpaired) electrons. The van der Waals surface area contributed by atoms with Crippen molar-refractivity contribution in [3.05, 3.63) is 35.4 Å². The van der Waals surface area contributed by atoms with Crippen LogP contribution in [0.2, 0.25) is 0 Å². The summed E-state index contributed by atoms with van der Waals surface area (Å²) in [5.74, 6) is 1.29. The molecule has 1 aromatic carbocycles. The Kier molecular flexibility index (Phi) is 2.98. The molecule has 1 unspecified atom stereocenters. The molecule has 1 heterocycles. The Morgan fingerprint density at radius 1 is 1.18 bits per heavy atom. The molecular formula is C15H18O2. The molecule has 17 heavy (non-hydrogen) atoms. The Balaban J connectivity index is 1.69. The van der Waals surface area contributed by atoms with Crippen LogP contribution < -0.4 is 0 Å². The van der Waals surface area contributed by atoms with Gasteiger partial charge in [0, 0.05) is 24.7 Å². The topological polar surface area (TPSA) is 26.3 Å². The predicted molar refractivity (Wildman–Crippen MR) is 66.1 cm³/mol. The summed E-state index contributed by atoms with van der Waals surface area (Å²) in [5, 5.41) is 0. The zero-order valence-electron chi connectivity index (χ0n) is 10.0. The molecule has 1 fully saturated rings. The molecular weight excluding hydrogens is 212 g/mol. The second kappa shape index (κ2) is 4.61. The summed E-state index contributed by atoms with van der Waals surface area (Å²) in [6.07, 6.45) is 4.25. The van der Waals surface area contributed by atoms with Gasteiger partial charge in [-0.15, -0.1) is 0 Å². The van der Waals surface area contributed by atoms with Crippen LogP contribution in [0.1, 0.15) is 35.2 Å². The molecule has 1 aliphatic heterocycles. The van der Waals surface area contributed by atoms with E-state index in [0.717, 1.165) is 44.5 Å². The van der Waals surface area contributed by atoms with E-state index < -0.39 is 0 Å². The fourth-order valence-electron chi connectivity index (χ4n) is 3.09. The van der Waals surface area contributed by atoms with Gasteiger partial charge in [-0.1, -0.05) is 24.3 Å². The highest BCUT2D eigenvalue weighted by molar-refractivity contribution is 6.02.